The first kappa shape index (κ1) is 13.0. The van der Waals surface area contributed by atoms with Gasteiger partial charge in [0.15, 0.2) is 0 Å². The molecule has 6 heteroatoms. The topological polar surface area (TPSA) is 56.7 Å². The minimum absolute atomic E-state index is 0.366. The van der Waals surface area contributed by atoms with Crippen molar-refractivity contribution in [1.82, 2.24) is 14.8 Å². The van der Waals surface area contributed by atoms with Gasteiger partial charge in [0.05, 0.1) is 29.2 Å². The molecule has 96 valence electrons. The van der Waals surface area contributed by atoms with E-state index in [-0.39, 0.29) is 0 Å². The number of pyridine rings is 1. The van der Waals surface area contributed by atoms with Crippen LogP contribution in [0.1, 0.15) is 30.6 Å². The van der Waals surface area contributed by atoms with Gasteiger partial charge in [0, 0.05) is 18.3 Å². The summed E-state index contributed by atoms with van der Waals surface area (Å²) in [5.74, 6) is -0.440. The van der Waals surface area contributed by atoms with Gasteiger partial charge in [-0.15, -0.1) is 0 Å². The molecule has 2 rings (SSSR count). The number of hydrogen-bond donors (Lipinski definition) is 1. The molecule has 1 unspecified atom stereocenters. The molecular weight excluding hydrogens is 255 g/mol. The molecule has 1 atom stereocenters. The van der Waals surface area contributed by atoms with Crippen LogP contribution in [0.25, 0.3) is 0 Å². The molecule has 2 aromatic rings. The highest BCUT2D eigenvalue weighted by molar-refractivity contribution is 6.31. The lowest BCUT2D eigenvalue weighted by Gasteiger charge is -2.15. The number of rotatable bonds is 4. The van der Waals surface area contributed by atoms with Gasteiger partial charge in [0.1, 0.15) is 5.82 Å². The zero-order valence-corrected chi connectivity index (χ0v) is 10.7. The average Bonchev–Trinajstić information content (AvgIpc) is 2.71. The van der Waals surface area contributed by atoms with Crippen LogP contribution in [0.15, 0.2) is 24.7 Å². The first-order chi connectivity index (χ1) is 8.65. The highest BCUT2D eigenvalue weighted by Gasteiger charge is 2.20. The van der Waals surface area contributed by atoms with Gasteiger partial charge in [-0.1, -0.05) is 18.5 Å². The maximum absolute atomic E-state index is 13.7. The van der Waals surface area contributed by atoms with E-state index in [1.165, 1.54) is 12.4 Å². The Morgan fingerprint density at radius 2 is 2.28 bits per heavy atom. The van der Waals surface area contributed by atoms with E-state index < -0.39 is 11.9 Å². The molecule has 4 nitrogen and oxygen atoms in total. The van der Waals surface area contributed by atoms with E-state index >= 15 is 0 Å². The molecule has 2 N–H and O–H groups in total. The molecule has 0 saturated carbocycles. The molecule has 0 amide bonds. The van der Waals surface area contributed by atoms with Crippen LogP contribution in [0, 0.1) is 5.82 Å². The van der Waals surface area contributed by atoms with Crippen LogP contribution < -0.4 is 5.73 Å². The summed E-state index contributed by atoms with van der Waals surface area (Å²) in [6, 6.07) is 0.911. The number of nitrogens with zero attached hydrogens (tertiary/aromatic N) is 3. The molecule has 0 aliphatic heterocycles. The molecule has 2 heterocycles. The lowest BCUT2D eigenvalue weighted by Crippen LogP contribution is -2.19. The fourth-order valence-corrected chi connectivity index (χ4v) is 2.12. The molecule has 0 bridgehead atoms. The largest absolute Gasteiger partial charge is 0.319 e. The van der Waals surface area contributed by atoms with Crippen molar-refractivity contribution < 1.29 is 4.39 Å². The van der Waals surface area contributed by atoms with Gasteiger partial charge in [-0.3, -0.25) is 9.67 Å². The normalized spacial score (nSPS) is 12.7. The number of aromatic nitrogens is 3. The Morgan fingerprint density at radius 1 is 1.50 bits per heavy atom. The van der Waals surface area contributed by atoms with E-state index in [2.05, 4.69) is 10.1 Å². The quantitative estimate of drug-likeness (QED) is 0.927. The summed E-state index contributed by atoms with van der Waals surface area (Å²) in [6.07, 6.45) is 5.08. The fourth-order valence-electron chi connectivity index (χ4n) is 1.86. The Hall–Kier alpha value is -1.46. The van der Waals surface area contributed by atoms with Crippen LogP contribution in [0.5, 0.6) is 0 Å². The highest BCUT2D eigenvalue weighted by Crippen LogP contribution is 2.27. The van der Waals surface area contributed by atoms with E-state index in [0.717, 1.165) is 12.6 Å². The standard InChI is InChI=1S/C12H14ClFN4/c1-2-5-18-12(9(13)6-17-18)11(15)8-3-4-16-7-10(8)14/h3-4,6-7,11H,2,5,15H2,1H3. The molecule has 18 heavy (non-hydrogen) atoms. The van der Waals surface area contributed by atoms with Gasteiger partial charge in [0.25, 0.3) is 0 Å². The summed E-state index contributed by atoms with van der Waals surface area (Å²) in [6.45, 7) is 2.72. The SMILES string of the molecule is CCCn1ncc(Cl)c1C(N)c1ccncc1F. The van der Waals surface area contributed by atoms with Crippen molar-refractivity contribution in [3.63, 3.8) is 0 Å². The summed E-state index contributed by atoms with van der Waals surface area (Å²) in [5, 5.41) is 4.60. The van der Waals surface area contributed by atoms with E-state index in [1.807, 2.05) is 6.92 Å². The smallest absolute Gasteiger partial charge is 0.146 e. The molecule has 0 fully saturated rings. The Labute approximate surface area is 110 Å². The van der Waals surface area contributed by atoms with E-state index in [4.69, 9.17) is 17.3 Å². The molecule has 0 radical (unpaired) electrons. The predicted molar refractivity (Wildman–Crippen MR) is 67.8 cm³/mol. The van der Waals surface area contributed by atoms with Gasteiger partial charge in [-0.2, -0.15) is 5.10 Å². The monoisotopic (exact) mass is 268 g/mol. The van der Waals surface area contributed by atoms with E-state index in [1.54, 1.807) is 10.7 Å². The third-order valence-electron chi connectivity index (χ3n) is 2.70. The van der Waals surface area contributed by atoms with Crippen LogP contribution >= 0.6 is 11.6 Å². The molecule has 2 aromatic heterocycles. The Balaban J connectivity index is 2.42. The van der Waals surface area contributed by atoms with Gasteiger partial charge in [-0.25, -0.2) is 4.39 Å². The third-order valence-corrected chi connectivity index (χ3v) is 2.99. The van der Waals surface area contributed by atoms with Crippen LogP contribution in [0.4, 0.5) is 4.39 Å². The van der Waals surface area contributed by atoms with E-state index in [9.17, 15) is 4.39 Å². The van der Waals surface area contributed by atoms with Crippen molar-refractivity contribution in [2.75, 3.05) is 0 Å². The highest BCUT2D eigenvalue weighted by atomic mass is 35.5. The second kappa shape index (κ2) is 5.46. The van der Waals surface area contributed by atoms with Crippen LogP contribution in [-0.2, 0) is 6.54 Å². The van der Waals surface area contributed by atoms with Crippen molar-refractivity contribution in [3.05, 3.63) is 46.8 Å². The summed E-state index contributed by atoms with van der Waals surface area (Å²) in [5.41, 5.74) is 7.07. The van der Waals surface area contributed by atoms with Crippen LogP contribution in [0.3, 0.4) is 0 Å². The zero-order valence-electron chi connectivity index (χ0n) is 9.98. The number of halogens is 2. The fraction of sp³-hybridized carbons (Fsp3) is 0.333. The molecule has 0 saturated heterocycles. The first-order valence-electron chi connectivity index (χ1n) is 5.71. The summed E-state index contributed by atoms with van der Waals surface area (Å²) < 4.78 is 15.4. The van der Waals surface area contributed by atoms with Gasteiger partial charge in [-0.05, 0) is 12.5 Å². The summed E-state index contributed by atoms with van der Waals surface area (Å²) in [4.78, 5) is 3.70. The minimum atomic E-state index is -0.644. The predicted octanol–water partition coefficient (Wildman–Crippen LogP) is 2.53. The van der Waals surface area contributed by atoms with Gasteiger partial charge >= 0.3 is 0 Å². The second-order valence-electron chi connectivity index (χ2n) is 3.98. The Morgan fingerprint density at radius 3 is 2.94 bits per heavy atom. The second-order valence-corrected chi connectivity index (χ2v) is 4.38. The maximum atomic E-state index is 13.7. The van der Waals surface area contributed by atoms with E-state index in [0.29, 0.717) is 22.8 Å². The van der Waals surface area contributed by atoms with Gasteiger partial charge in [0.2, 0.25) is 0 Å². The molecular formula is C12H14ClFN4. The van der Waals surface area contributed by atoms with Crippen molar-refractivity contribution in [2.24, 2.45) is 5.73 Å². The number of aryl methyl sites for hydroxylation is 1. The average molecular weight is 269 g/mol. The lowest BCUT2D eigenvalue weighted by molar-refractivity contribution is 0.543. The molecule has 0 aliphatic rings. The Bertz CT molecular complexity index is 541. The minimum Gasteiger partial charge on any atom is -0.319 e. The molecule has 0 aliphatic carbocycles. The van der Waals surface area contributed by atoms with Crippen LogP contribution in [0.2, 0.25) is 5.02 Å². The van der Waals surface area contributed by atoms with Crippen molar-refractivity contribution in [3.8, 4) is 0 Å². The third kappa shape index (κ3) is 2.37. The number of nitrogens with two attached hydrogens (primary N) is 1. The molecule has 0 spiro atoms. The molecule has 0 aromatic carbocycles. The summed E-state index contributed by atoms with van der Waals surface area (Å²) >= 11 is 6.08. The first-order valence-corrected chi connectivity index (χ1v) is 6.09. The van der Waals surface area contributed by atoms with Crippen molar-refractivity contribution in [2.45, 2.75) is 25.9 Å². The Kier molecular flexibility index (Phi) is 3.93. The number of hydrogen-bond acceptors (Lipinski definition) is 3. The van der Waals surface area contributed by atoms with Crippen molar-refractivity contribution in [1.29, 1.82) is 0 Å². The van der Waals surface area contributed by atoms with Crippen LogP contribution in [-0.4, -0.2) is 14.8 Å². The van der Waals surface area contributed by atoms with Crippen molar-refractivity contribution >= 4 is 11.6 Å². The maximum Gasteiger partial charge on any atom is 0.146 e. The van der Waals surface area contributed by atoms with Gasteiger partial charge < -0.3 is 5.73 Å². The summed E-state index contributed by atoms with van der Waals surface area (Å²) in [7, 11) is 0. The zero-order chi connectivity index (χ0) is 13.1. The lowest BCUT2D eigenvalue weighted by atomic mass is 10.1.